The normalized spacial score (nSPS) is 12.2. The van der Waals surface area contributed by atoms with Crippen LogP contribution in [-0.2, 0) is 9.53 Å². The van der Waals surface area contributed by atoms with Gasteiger partial charge in [-0.15, -0.1) is 6.42 Å². The van der Waals surface area contributed by atoms with Crippen LogP contribution in [0.25, 0.3) is 0 Å². The highest BCUT2D eigenvalue weighted by molar-refractivity contribution is 5.72. The summed E-state index contributed by atoms with van der Waals surface area (Å²) in [5, 5.41) is 0. The Morgan fingerprint density at radius 1 is 1.62 bits per heavy atom. The molecule has 0 radical (unpaired) electrons. The summed E-state index contributed by atoms with van der Waals surface area (Å²) >= 11 is 0. The summed E-state index contributed by atoms with van der Waals surface area (Å²) < 4.78 is 16.8. The minimum Gasteiger partial charge on any atom is -0.469 e. The molecule has 0 atom stereocenters. The molecule has 0 aliphatic rings. The average molecular weight is 182 g/mol. The molecule has 0 unspecified atom stereocenters. The quantitative estimate of drug-likeness (QED) is 0.379. The maximum Gasteiger partial charge on any atom is 0.309 e. The summed E-state index contributed by atoms with van der Waals surface area (Å²) in [6.07, 6.45) is 7.50. The van der Waals surface area contributed by atoms with Crippen molar-refractivity contribution in [3.05, 3.63) is 23.6 Å². The molecule has 0 aromatic carbocycles. The zero-order valence-corrected chi connectivity index (χ0v) is 7.63. The first-order valence-electron chi connectivity index (χ1n) is 3.66. The number of allylic oxidation sites excluding steroid dienone is 3. The van der Waals surface area contributed by atoms with E-state index in [0.717, 1.165) is 6.08 Å². The van der Waals surface area contributed by atoms with E-state index in [0.29, 0.717) is 5.57 Å². The first-order valence-corrected chi connectivity index (χ1v) is 3.66. The van der Waals surface area contributed by atoms with Gasteiger partial charge in [0.15, 0.2) is 5.83 Å². The highest BCUT2D eigenvalue weighted by Gasteiger charge is 1.99. The Balaban J connectivity index is 4.20. The van der Waals surface area contributed by atoms with Crippen molar-refractivity contribution < 1.29 is 13.9 Å². The molecule has 13 heavy (non-hydrogen) atoms. The summed E-state index contributed by atoms with van der Waals surface area (Å²) in [5.41, 5.74) is 0.692. The molecule has 0 aromatic rings. The zero-order valence-electron chi connectivity index (χ0n) is 7.63. The molecular weight excluding hydrogens is 171 g/mol. The van der Waals surface area contributed by atoms with Crippen LogP contribution in [0.4, 0.5) is 4.39 Å². The van der Waals surface area contributed by atoms with Crippen LogP contribution in [-0.4, -0.2) is 13.1 Å². The molecule has 0 aliphatic carbocycles. The minimum atomic E-state index is -0.663. The number of carbonyl (C=O) groups is 1. The van der Waals surface area contributed by atoms with Gasteiger partial charge < -0.3 is 4.74 Å². The van der Waals surface area contributed by atoms with Crippen LogP contribution in [0.2, 0.25) is 0 Å². The molecule has 70 valence electrons. The second-order valence-electron chi connectivity index (χ2n) is 2.42. The van der Waals surface area contributed by atoms with Crippen molar-refractivity contribution in [1.82, 2.24) is 0 Å². The summed E-state index contributed by atoms with van der Waals surface area (Å²) in [6, 6.07) is 0. The van der Waals surface area contributed by atoms with E-state index in [2.05, 4.69) is 4.74 Å². The van der Waals surface area contributed by atoms with Gasteiger partial charge in [-0.1, -0.05) is 11.6 Å². The molecule has 0 N–H and O–H groups in total. The van der Waals surface area contributed by atoms with Gasteiger partial charge in [-0.25, -0.2) is 0 Å². The highest BCUT2D eigenvalue weighted by atomic mass is 19.1. The Bertz CT molecular complexity index is 282. The van der Waals surface area contributed by atoms with Gasteiger partial charge in [0, 0.05) is 0 Å². The van der Waals surface area contributed by atoms with Crippen molar-refractivity contribution in [2.24, 2.45) is 0 Å². The van der Waals surface area contributed by atoms with E-state index < -0.39 is 5.83 Å². The Morgan fingerprint density at radius 2 is 2.23 bits per heavy atom. The molecule has 0 aliphatic heterocycles. The van der Waals surface area contributed by atoms with Crippen LogP contribution in [0.3, 0.4) is 0 Å². The fraction of sp³-hybridized carbons (Fsp3) is 0.300. The van der Waals surface area contributed by atoms with Gasteiger partial charge in [-0.2, -0.15) is 4.39 Å². The molecule has 0 aromatic heterocycles. The Hall–Kier alpha value is -1.56. The third kappa shape index (κ3) is 5.68. The predicted molar refractivity (Wildman–Crippen MR) is 48.4 cm³/mol. The van der Waals surface area contributed by atoms with Crippen molar-refractivity contribution >= 4 is 5.97 Å². The van der Waals surface area contributed by atoms with E-state index in [-0.39, 0.29) is 12.4 Å². The topological polar surface area (TPSA) is 26.3 Å². The fourth-order valence-corrected chi connectivity index (χ4v) is 0.622. The number of esters is 1. The molecule has 2 nitrogen and oxygen atoms in total. The zero-order chi connectivity index (χ0) is 10.3. The van der Waals surface area contributed by atoms with Crippen LogP contribution in [0.5, 0.6) is 0 Å². The summed E-state index contributed by atoms with van der Waals surface area (Å²) in [4.78, 5) is 10.7. The van der Waals surface area contributed by atoms with Crippen molar-refractivity contribution in [3.8, 4) is 12.3 Å². The monoisotopic (exact) mass is 182 g/mol. The van der Waals surface area contributed by atoms with Gasteiger partial charge in [-0.05, 0) is 18.9 Å². The van der Waals surface area contributed by atoms with Crippen LogP contribution >= 0.6 is 0 Å². The lowest BCUT2D eigenvalue weighted by Gasteiger charge is -1.97. The number of halogens is 1. The predicted octanol–water partition coefficient (Wildman–Crippen LogP) is 1.98. The fourth-order valence-electron chi connectivity index (χ4n) is 0.622. The number of rotatable bonds is 3. The molecule has 0 fully saturated rings. The molecule has 0 saturated carbocycles. The van der Waals surface area contributed by atoms with Crippen LogP contribution in [0, 0.1) is 12.3 Å². The van der Waals surface area contributed by atoms with Crippen LogP contribution in [0.15, 0.2) is 23.6 Å². The summed E-state index contributed by atoms with van der Waals surface area (Å²) in [5.74, 6) is 0.800. The van der Waals surface area contributed by atoms with Crippen molar-refractivity contribution in [3.63, 3.8) is 0 Å². The number of hydrogen-bond acceptors (Lipinski definition) is 2. The van der Waals surface area contributed by atoms with E-state index in [1.807, 2.05) is 5.92 Å². The lowest BCUT2D eigenvalue weighted by molar-refractivity contribution is -0.139. The highest BCUT2D eigenvalue weighted by Crippen LogP contribution is 2.03. The van der Waals surface area contributed by atoms with Crippen molar-refractivity contribution in [2.75, 3.05) is 7.11 Å². The molecule has 3 heteroatoms. The number of terminal acetylenes is 1. The first kappa shape index (κ1) is 11.4. The minimum absolute atomic E-state index is 0.144. The third-order valence-electron chi connectivity index (χ3n) is 1.30. The molecule has 0 spiro atoms. The first-order chi connectivity index (χ1) is 6.10. The van der Waals surface area contributed by atoms with Gasteiger partial charge in [0.1, 0.15) is 0 Å². The maximum absolute atomic E-state index is 12.4. The Labute approximate surface area is 77.1 Å². The van der Waals surface area contributed by atoms with Crippen molar-refractivity contribution in [1.29, 1.82) is 0 Å². The molecule has 0 bridgehead atoms. The Morgan fingerprint density at radius 3 is 2.69 bits per heavy atom. The van der Waals surface area contributed by atoms with Gasteiger partial charge in [0.2, 0.25) is 0 Å². The van der Waals surface area contributed by atoms with Gasteiger partial charge in [0.05, 0.1) is 13.5 Å². The second-order valence-corrected chi connectivity index (χ2v) is 2.42. The molecule has 0 rings (SSSR count). The van der Waals surface area contributed by atoms with E-state index in [9.17, 15) is 9.18 Å². The van der Waals surface area contributed by atoms with E-state index in [1.54, 1.807) is 6.92 Å². The second kappa shape index (κ2) is 6.01. The SMILES string of the molecule is C#C/C(F)=C\C=C(/C)CC(=O)OC. The summed E-state index contributed by atoms with van der Waals surface area (Å²) in [7, 11) is 1.30. The van der Waals surface area contributed by atoms with Gasteiger partial charge in [0.25, 0.3) is 0 Å². The van der Waals surface area contributed by atoms with Crippen molar-refractivity contribution in [2.45, 2.75) is 13.3 Å². The molecule has 0 amide bonds. The molecular formula is C10H11FO2. The number of carbonyl (C=O) groups excluding carboxylic acids is 1. The average Bonchev–Trinajstić information content (AvgIpc) is 2.13. The van der Waals surface area contributed by atoms with Gasteiger partial charge in [-0.3, -0.25) is 4.79 Å². The summed E-state index contributed by atoms with van der Waals surface area (Å²) in [6.45, 7) is 1.69. The maximum atomic E-state index is 12.4. The van der Waals surface area contributed by atoms with E-state index in [4.69, 9.17) is 6.42 Å². The number of hydrogen-bond donors (Lipinski definition) is 0. The smallest absolute Gasteiger partial charge is 0.309 e. The van der Waals surface area contributed by atoms with Crippen LogP contribution < -0.4 is 0 Å². The number of ether oxygens (including phenoxy) is 1. The third-order valence-corrected chi connectivity index (χ3v) is 1.30. The van der Waals surface area contributed by atoms with E-state index in [1.165, 1.54) is 13.2 Å². The van der Waals surface area contributed by atoms with Crippen LogP contribution in [0.1, 0.15) is 13.3 Å². The standard InChI is InChI=1S/C10H11FO2/c1-4-9(11)6-5-8(2)7-10(12)13-3/h1,5-6H,7H2,2-3H3/b8-5+,9-6+. The molecule has 0 saturated heterocycles. The lowest BCUT2D eigenvalue weighted by atomic mass is 10.2. The molecule has 0 heterocycles. The lowest BCUT2D eigenvalue weighted by Crippen LogP contribution is -1.99. The van der Waals surface area contributed by atoms with Gasteiger partial charge >= 0.3 is 5.97 Å². The largest absolute Gasteiger partial charge is 0.469 e. The Kier molecular flexibility index (Phi) is 5.29. The number of methoxy groups -OCH3 is 1. The van der Waals surface area contributed by atoms with E-state index >= 15 is 0 Å².